The van der Waals surface area contributed by atoms with E-state index in [1.807, 2.05) is 0 Å². The number of carbonyl (C=O) groups is 4. The Balaban J connectivity index is 1.53. The summed E-state index contributed by atoms with van der Waals surface area (Å²) >= 11 is 2.35. The number of carbonyl (C=O) groups excluding carboxylic acids is 3. The third-order valence-corrected chi connectivity index (χ3v) is 6.65. The summed E-state index contributed by atoms with van der Waals surface area (Å²) in [7, 11) is 0. The Morgan fingerprint density at radius 1 is 1.45 bits per heavy atom. The zero-order chi connectivity index (χ0) is 22.1. The second-order valence-electron chi connectivity index (χ2n) is 6.68. The number of thioether (sulfide) groups is 1. The summed E-state index contributed by atoms with van der Waals surface area (Å²) in [5.74, 6) is -0.0448. The van der Waals surface area contributed by atoms with Gasteiger partial charge in [-0.05, 0) is 12.8 Å². The molecule has 3 heterocycles. The van der Waals surface area contributed by atoms with E-state index in [0.717, 1.165) is 29.1 Å². The Morgan fingerprint density at radius 2 is 2.23 bits per heavy atom. The van der Waals surface area contributed by atoms with Crippen LogP contribution in [0.3, 0.4) is 0 Å². The molecular formula is C18H15N5O6S2. The van der Waals surface area contributed by atoms with Gasteiger partial charge in [0, 0.05) is 16.7 Å². The van der Waals surface area contributed by atoms with Crippen LogP contribution in [0.25, 0.3) is 0 Å². The minimum absolute atomic E-state index is 0.0748. The third kappa shape index (κ3) is 3.99. The third-order valence-electron chi connectivity index (χ3n) is 4.59. The molecule has 0 bridgehead atoms. The summed E-state index contributed by atoms with van der Waals surface area (Å²) in [6, 6.07) is -0.955. The van der Waals surface area contributed by atoms with Crippen LogP contribution in [0, 0.1) is 12.3 Å². The van der Waals surface area contributed by atoms with Gasteiger partial charge in [0.2, 0.25) is 6.41 Å². The number of aromatic nitrogens is 1. The number of β-lactam (4-membered cyclic amide) rings is 1. The fraction of sp³-hybridized carbons (Fsp3) is 0.333. The summed E-state index contributed by atoms with van der Waals surface area (Å²) in [5, 5.41) is 19.5. The molecule has 1 saturated carbocycles. The van der Waals surface area contributed by atoms with Crippen molar-refractivity contribution in [2.45, 2.75) is 30.4 Å². The predicted molar refractivity (Wildman–Crippen MR) is 111 cm³/mol. The van der Waals surface area contributed by atoms with E-state index in [-0.39, 0.29) is 39.7 Å². The number of rotatable bonds is 8. The second kappa shape index (κ2) is 8.40. The van der Waals surface area contributed by atoms with Crippen LogP contribution in [-0.4, -0.2) is 68.2 Å². The van der Waals surface area contributed by atoms with Crippen molar-refractivity contribution in [3.8, 4) is 12.3 Å². The largest absolute Gasteiger partial charge is 0.477 e. The van der Waals surface area contributed by atoms with Gasteiger partial charge >= 0.3 is 5.97 Å². The van der Waals surface area contributed by atoms with E-state index < -0.39 is 29.2 Å². The number of nitrogens with one attached hydrogen (secondary N) is 2. The van der Waals surface area contributed by atoms with Crippen molar-refractivity contribution in [1.82, 2.24) is 15.2 Å². The van der Waals surface area contributed by atoms with Crippen molar-refractivity contribution in [1.29, 1.82) is 0 Å². The van der Waals surface area contributed by atoms with Gasteiger partial charge in [-0.1, -0.05) is 11.1 Å². The smallest absolute Gasteiger partial charge is 0.353 e. The van der Waals surface area contributed by atoms with E-state index in [1.165, 1.54) is 17.1 Å². The number of amides is 3. The molecule has 0 radical (unpaired) electrons. The quantitative estimate of drug-likeness (QED) is 0.161. The first kappa shape index (κ1) is 20.9. The molecule has 4 rings (SSSR count). The number of aliphatic carboxylic acids is 1. The molecule has 1 aliphatic carbocycles. The lowest BCUT2D eigenvalue weighted by molar-refractivity contribution is -0.150. The summed E-state index contributed by atoms with van der Waals surface area (Å²) < 4.78 is 0. The Kier molecular flexibility index (Phi) is 5.66. The zero-order valence-corrected chi connectivity index (χ0v) is 17.4. The number of fused-ring (bicyclic) bond motifs is 1. The van der Waals surface area contributed by atoms with E-state index >= 15 is 0 Å². The summed E-state index contributed by atoms with van der Waals surface area (Å²) in [5.41, 5.74) is 0.00191. The standard InChI is InChI=1S/C18H15N5O6S2/c1-2-8-5-30-16-12(15(26)23(16)13(8)17(27)28)21-14(25)11(22-29-9-3-4-9)10-6-31-18(20-10)19-7-24/h1,6-7,9,12,16H,3-5H2,(H,21,25)(H,27,28)(H,19,20,24)/t12-,16+/m1/s1. The lowest BCUT2D eigenvalue weighted by atomic mass is 10.0. The van der Waals surface area contributed by atoms with Crippen LogP contribution in [0.4, 0.5) is 5.13 Å². The van der Waals surface area contributed by atoms with Crippen molar-refractivity contribution in [3.63, 3.8) is 0 Å². The molecule has 0 unspecified atom stereocenters. The van der Waals surface area contributed by atoms with Gasteiger partial charge in [-0.3, -0.25) is 19.3 Å². The molecule has 3 amide bonds. The summed E-state index contributed by atoms with van der Waals surface area (Å²) in [6.45, 7) is 0. The predicted octanol–water partition coefficient (Wildman–Crippen LogP) is -0.0337. The molecule has 1 aromatic rings. The highest BCUT2D eigenvalue weighted by Gasteiger charge is 2.54. The maximum Gasteiger partial charge on any atom is 0.353 e. The van der Waals surface area contributed by atoms with Gasteiger partial charge in [-0.2, -0.15) is 0 Å². The number of nitrogens with zero attached hydrogens (tertiary/aromatic N) is 3. The van der Waals surface area contributed by atoms with Crippen molar-refractivity contribution in [2.75, 3.05) is 11.1 Å². The molecule has 1 saturated heterocycles. The van der Waals surface area contributed by atoms with Crippen molar-refractivity contribution in [2.24, 2.45) is 5.16 Å². The van der Waals surface area contributed by atoms with Gasteiger partial charge < -0.3 is 20.6 Å². The second-order valence-corrected chi connectivity index (χ2v) is 8.65. The van der Waals surface area contributed by atoms with E-state index in [4.69, 9.17) is 11.3 Å². The molecule has 11 nitrogen and oxygen atoms in total. The van der Waals surface area contributed by atoms with Gasteiger partial charge in [-0.15, -0.1) is 29.5 Å². The summed E-state index contributed by atoms with van der Waals surface area (Å²) in [6.07, 6.45) is 7.39. The Morgan fingerprint density at radius 3 is 2.87 bits per heavy atom. The van der Waals surface area contributed by atoms with E-state index in [2.05, 4.69) is 26.7 Å². The molecule has 31 heavy (non-hydrogen) atoms. The van der Waals surface area contributed by atoms with Crippen LogP contribution in [0.2, 0.25) is 0 Å². The molecule has 1 aromatic heterocycles. The number of terminal acetylenes is 1. The Bertz CT molecular complexity index is 1070. The lowest BCUT2D eigenvalue weighted by Gasteiger charge is -2.48. The highest BCUT2D eigenvalue weighted by atomic mass is 32.2. The van der Waals surface area contributed by atoms with Crippen molar-refractivity contribution >= 4 is 58.1 Å². The van der Waals surface area contributed by atoms with Crippen molar-refractivity contribution in [3.05, 3.63) is 22.3 Å². The van der Waals surface area contributed by atoms with Gasteiger partial charge in [0.1, 0.15) is 28.9 Å². The normalized spacial score (nSPS) is 22.7. The molecule has 3 N–H and O–H groups in total. The lowest BCUT2D eigenvalue weighted by Crippen LogP contribution is -2.71. The minimum atomic E-state index is -1.30. The number of oxime groups is 1. The zero-order valence-electron chi connectivity index (χ0n) is 15.7. The number of carboxylic acid groups (broad SMARTS) is 1. The molecular weight excluding hydrogens is 446 g/mol. The number of carboxylic acids is 1. The molecule has 2 fully saturated rings. The highest BCUT2D eigenvalue weighted by Crippen LogP contribution is 2.40. The Hall–Kier alpha value is -3.37. The maximum absolute atomic E-state index is 12.9. The van der Waals surface area contributed by atoms with Gasteiger partial charge in [0.05, 0.1) is 0 Å². The van der Waals surface area contributed by atoms with Crippen LogP contribution in [0.15, 0.2) is 21.8 Å². The minimum Gasteiger partial charge on any atom is -0.477 e. The van der Waals surface area contributed by atoms with Crippen LogP contribution < -0.4 is 10.6 Å². The van der Waals surface area contributed by atoms with Crippen LogP contribution in [0.5, 0.6) is 0 Å². The summed E-state index contributed by atoms with van der Waals surface area (Å²) in [4.78, 5) is 58.2. The number of hydrogen-bond acceptors (Lipinski definition) is 9. The molecule has 3 aliphatic rings. The Labute approximate surface area is 183 Å². The molecule has 160 valence electrons. The van der Waals surface area contributed by atoms with Crippen LogP contribution >= 0.6 is 23.1 Å². The van der Waals surface area contributed by atoms with Crippen LogP contribution in [-0.2, 0) is 24.0 Å². The number of hydrogen-bond donors (Lipinski definition) is 3. The number of thiazole rings is 1. The van der Waals surface area contributed by atoms with Crippen LogP contribution in [0.1, 0.15) is 18.5 Å². The van der Waals surface area contributed by atoms with Crippen molar-refractivity contribution < 1.29 is 29.1 Å². The molecule has 2 atom stereocenters. The van der Waals surface area contributed by atoms with E-state index in [0.29, 0.717) is 6.41 Å². The first-order valence-electron chi connectivity index (χ1n) is 9.03. The average molecular weight is 461 g/mol. The average Bonchev–Trinajstić information content (AvgIpc) is 3.48. The molecule has 13 heteroatoms. The highest BCUT2D eigenvalue weighted by molar-refractivity contribution is 8.00. The first-order chi connectivity index (χ1) is 14.9. The molecule has 2 aliphatic heterocycles. The van der Waals surface area contributed by atoms with Gasteiger partial charge in [0.25, 0.3) is 11.8 Å². The van der Waals surface area contributed by atoms with E-state index in [9.17, 15) is 24.3 Å². The fourth-order valence-corrected chi connectivity index (χ4v) is 4.89. The topological polar surface area (TPSA) is 150 Å². The first-order valence-corrected chi connectivity index (χ1v) is 11.0. The fourth-order valence-electron chi connectivity index (χ4n) is 2.94. The van der Waals surface area contributed by atoms with Gasteiger partial charge in [-0.25, -0.2) is 9.78 Å². The monoisotopic (exact) mass is 461 g/mol. The number of anilines is 1. The maximum atomic E-state index is 12.9. The molecule has 0 aromatic carbocycles. The SMILES string of the molecule is C#CC1=C(C(=O)O)N2C(=O)[C@@H](NC(=O)C(=NOC3CC3)c3csc(NC=O)n3)[C@@H]2SC1. The van der Waals surface area contributed by atoms with Gasteiger partial charge in [0.15, 0.2) is 10.8 Å². The van der Waals surface area contributed by atoms with E-state index in [1.54, 1.807) is 0 Å². The molecule has 0 spiro atoms.